The van der Waals surface area contributed by atoms with E-state index in [-0.39, 0.29) is 11.9 Å². The number of benzene rings is 1. The third kappa shape index (κ3) is 4.08. The summed E-state index contributed by atoms with van der Waals surface area (Å²) in [6.45, 7) is 5.56. The molecule has 1 aromatic carbocycles. The fourth-order valence-electron chi connectivity index (χ4n) is 3.20. The number of amides is 1. The third-order valence-corrected chi connectivity index (χ3v) is 5.82. The van der Waals surface area contributed by atoms with Crippen molar-refractivity contribution in [2.75, 3.05) is 19.6 Å². The normalized spacial score (nSPS) is 21.2. The molecule has 2 fully saturated rings. The third-order valence-electron chi connectivity index (χ3n) is 4.81. The molecule has 0 spiro atoms. The molecule has 0 bridgehead atoms. The van der Waals surface area contributed by atoms with Crippen molar-refractivity contribution in [2.24, 2.45) is 0 Å². The van der Waals surface area contributed by atoms with E-state index in [2.05, 4.69) is 51.7 Å². The van der Waals surface area contributed by atoms with Gasteiger partial charge >= 0.3 is 0 Å². The number of aryl methyl sites for hydroxylation is 1. The van der Waals surface area contributed by atoms with Crippen LogP contribution >= 0.6 is 11.3 Å². The van der Waals surface area contributed by atoms with Gasteiger partial charge in [0.2, 0.25) is 5.91 Å². The van der Waals surface area contributed by atoms with Crippen LogP contribution in [0.1, 0.15) is 23.3 Å². The summed E-state index contributed by atoms with van der Waals surface area (Å²) in [5.74, 6) is 0.150. The van der Waals surface area contributed by atoms with Gasteiger partial charge in [-0.3, -0.25) is 9.69 Å². The van der Waals surface area contributed by atoms with Crippen LogP contribution in [-0.4, -0.2) is 47.5 Å². The highest BCUT2D eigenvalue weighted by atomic mass is 32.1. The lowest BCUT2D eigenvalue weighted by Gasteiger charge is -2.32. The van der Waals surface area contributed by atoms with E-state index in [4.69, 9.17) is 0 Å². The quantitative estimate of drug-likeness (QED) is 0.862. The van der Waals surface area contributed by atoms with Gasteiger partial charge in [-0.25, -0.2) is 4.98 Å². The molecule has 0 radical (unpaired) electrons. The molecule has 1 aromatic heterocycles. The number of carbonyl (C=O) groups is 1. The molecular weight excluding hydrogens is 332 g/mol. The molecule has 1 atom stereocenters. The Morgan fingerprint density at radius 2 is 2.24 bits per heavy atom. The van der Waals surface area contributed by atoms with Crippen molar-refractivity contribution in [3.05, 3.63) is 40.9 Å². The zero-order valence-electron chi connectivity index (χ0n) is 14.5. The molecule has 6 heteroatoms. The number of rotatable bonds is 5. The summed E-state index contributed by atoms with van der Waals surface area (Å²) in [7, 11) is 0. The minimum absolute atomic E-state index is 0.0990. The van der Waals surface area contributed by atoms with Gasteiger partial charge in [0.25, 0.3) is 0 Å². The summed E-state index contributed by atoms with van der Waals surface area (Å²) in [5, 5.41) is 7.52. The minimum atomic E-state index is -0.0990. The van der Waals surface area contributed by atoms with Gasteiger partial charge in [-0.1, -0.05) is 24.3 Å². The maximum Gasteiger partial charge on any atom is 0.238 e. The summed E-state index contributed by atoms with van der Waals surface area (Å²) < 4.78 is 0. The first-order valence-corrected chi connectivity index (χ1v) is 9.77. The fourth-order valence-corrected chi connectivity index (χ4v) is 4.24. The molecule has 2 N–H and O–H groups in total. The topological polar surface area (TPSA) is 57.3 Å². The van der Waals surface area contributed by atoms with Crippen LogP contribution in [0.4, 0.5) is 0 Å². The molecule has 2 heterocycles. The van der Waals surface area contributed by atoms with E-state index in [0.29, 0.717) is 6.04 Å². The second kappa shape index (κ2) is 7.23. The number of hydrogen-bond donors (Lipinski definition) is 2. The number of aromatic nitrogens is 1. The number of nitrogens with one attached hydrogen (secondary N) is 2. The van der Waals surface area contributed by atoms with Gasteiger partial charge in [0, 0.05) is 48.9 Å². The molecule has 2 aliphatic rings. The Bertz CT molecular complexity index is 755. The van der Waals surface area contributed by atoms with Crippen LogP contribution in [0.3, 0.4) is 0 Å². The van der Waals surface area contributed by atoms with Crippen molar-refractivity contribution in [3.8, 4) is 10.6 Å². The Hall–Kier alpha value is -1.76. The first-order valence-electron chi connectivity index (χ1n) is 8.96. The monoisotopic (exact) mass is 356 g/mol. The average molecular weight is 356 g/mol. The maximum atomic E-state index is 12.3. The van der Waals surface area contributed by atoms with Crippen molar-refractivity contribution < 1.29 is 4.79 Å². The second-order valence-electron chi connectivity index (χ2n) is 6.97. The summed E-state index contributed by atoms with van der Waals surface area (Å²) >= 11 is 1.75. The van der Waals surface area contributed by atoms with Crippen molar-refractivity contribution >= 4 is 17.2 Å². The Morgan fingerprint density at radius 3 is 3.04 bits per heavy atom. The van der Waals surface area contributed by atoms with E-state index in [9.17, 15) is 4.79 Å². The van der Waals surface area contributed by atoms with Crippen molar-refractivity contribution in [1.82, 2.24) is 20.5 Å². The predicted molar refractivity (Wildman–Crippen MR) is 101 cm³/mol. The molecule has 25 heavy (non-hydrogen) atoms. The Balaban J connectivity index is 1.38. The molecule has 1 aliphatic heterocycles. The first-order chi connectivity index (χ1) is 12.2. The maximum absolute atomic E-state index is 12.3. The number of thiazole rings is 1. The zero-order chi connectivity index (χ0) is 17.2. The highest BCUT2D eigenvalue weighted by molar-refractivity contribution is 7.15. The van der Waals surface area contributed by atoms with Crippen LogP contribution < -0.4 is 10.6 Å². The van der Waals surface area contributed by atoms with E-state index in [1.54, 1.807) is 11.3 Å². The number of hydrogen-bond acceptors (Lipinski definition) is 5. The van der Waals surface area contributed by atoms with Crippen LogP contribution in [0, 0.1) is 6.92 Å². The molecule has 132 valence electrons. The lowest BCUT2D eigenvalue weighted by Crippen LogP contribution is -2.57. The molecule has 1 amide bonds. The standard InChI is InChI=1S/C19H24N4OS/c1-13-4-2-3-5-16(13)19-21-10-15(25-19)11-23-9-8-20-17(12-23)18(24)22-14-6-7-14/h2-5,10,14,17,20H,6-9,11-12H2,1H3,(H,22,24)/t17-/m0/s1. The van der Waals surface area contributed by atoms with Gasteiger partial charge in [-0.2, -0.15) is 0 Å². The largest absolute Gasteiger partial charge is 0.352 e. The number of nitrogens with zero attached hydrogens (tertiary/aromatic N) is 2. The second-order valence-corrected chi connectivity index (χ2v) is 8.09. The van der Waals surface area contributed by atoms with E-state index in [1.165, 1.54) is 16.0 Å². The zero-order valence-corrected chi connectivity index (χ0v) is 15.3. The Morgan fingerprint density at radius 1 is 1.40 bits per heavy atom. The van der Waals surface area contributed by atoms with Gasteiger partial charge in [0.15, 0.2) is 0 Å². The van der Waals surface area contributed by atoms with Gasteiger partial charge in [-0.15, -0.1) is 11.3 Å². The fraction of sp³-hybridized carbons (Fsp3) is 0.474. The molecule has 0 unspecified atom stereocenters. The van der Waals surface area contributed by atoms with Crippen molar-refractivity contribution in [3.63, 3.8) is 0 Å². The van der Waals surface area contributed by atoms with E-state index >= 15 is 0 Å². The average Bonchev–Trinajstić information content (AvgIpc) is 3.32. The number of piperazine rings is 1. The van der Waals surface area contributed by atoms with Crippen LogP contribution in [-0.2, 0) is 11.3 Å². The molecule has 2 aromatic rings. The molecule has 1 saturated carbocycles. The van der Waals surface area contributed by atoms with Crippen molar-refractivity contribution in [2.45, 2.75) is 38.4 Å². The highest BCUT2D eigenvalue weighted by Crippen LogP contribution is 2.28. The van der Waals surface area contributed by atoms with Gasteiger partial charge in [0.05, 0.1) is 6.04 Å². The molecule has 4 rings (SSSR count). The summed E-state index contributed by atoms with van der Waals surface area (Å²) in [6.07, 6.45) is 4.24. The lowest BCUT2D eigenvalue weighted by molar-refractivity contribution is -0.124. The molecular formula is C19H24N4OS. The smallest absolute Gasteiger partial charge is 0.238 e. The van der Waals surface area contributed by atoms with Gasteiger partial charge in [0.1, 0.15) is 5.01 Å². The predicted octanol–water partition coefficient (Wildman–Crippen LogP) is 2.17. The summed E-state index contributed by atoms with van der Waals surface area (Å²) in [6, 6.07) is 8.68. The van der Waals surface area contributed by atoms with Crippen LogP contribution in [0.25, 0.3) is 10.6 Å². The van der Waals surface area contributed by atoms with Crippen LogP contribution in [0.15, 0.2) is 30.5 Å². The van der Waals surface area contributed by atoms with Crippen LogP contribution in [0.2, 0.25) is 0 Å². The first kappa shape index (κ1) is 16.7. The molecule has 1 aliphatic carbocycles. The molecule has 1 saturated heterocycles. The lowest BCUT2D eigenvalue weighted by atomic mass is 10.1. The Labute approximate surface area is 152 Å². The van der Waals surface area contributed by atoms with E-state index < -0.39 is 0 Å². The summed E-state index contributed by atoms with van der Waals surface area (Å²) in [5.41, 5.74) is 2.46. The van der Waals surface area contributed by atoms with Gasteiger partial charge in [-0.05, 0) is 25.3 Å². The van der Waals surface area contributed by atoms with Gasteiger partial charge < -0.3 is 10.6 Å². The highest BCUT2D eigenvalue weighted by Gasteiger charge is 2.30. The SMILES string of the molecule is Cc1ccccc1-c1ncc(CN2CCN[C@H](C(=O)NC3CC3)C2)s1. The van der Waals surface area contributed by atoms with E-state index in [1.807, 2.05) is 6.20 Å². The minimum Gasteiger partial charge on any atom is -0.352 e. The Kier molecular flexibility index (Phi) is 4.83. The van der Waals surface area contributed by atoms with E-state index in [0.717, 1.165) is 44.0 Å². The van der Waals surface area contributed by atoms with Crippen LogP contribution in [0.5, 0.6) is 0 Å². The number of carbonyl (C=O) groups excluding carboxylic acids is 1. The van der Waals surface area contributed by atoms with Crippen molar-refractivity contribution in [1.29, 1.82) is 0 Å². The molecule has 5 nitrogen and oxygen atoms in total. The summed E-state index contributed by atoms with van der Waals surface area (Å²) in [4.78, 5) is 20.5.